The minimum atomic E-state index is 0.706. The van der Waals surface area contributed by atoms with Gasteiger partial charge in [-0.25, -0.2) is 0 Å². The number of benzene rings is 1. The van der Waals surface area contributed by atoms with Gasteiger partial charge in [0.15, 0.2) is 0 Å². The summed E-state index contributed by atoms with van der Waals surface area (Å²) in [6.45, 7) is 7.43. The van der Waals surface area contributed by atoms with Crippen LogP contribution in [0.15, 0.2) is 24.8 Å². The second-order valence-electron chi connectivity index (χ2n) is 4.52. The van der Waals surface area contributed by atoms with Crippen molar-refractivity contribution in [2.75, 3.05) is 26.4 Å². The van der Waals surface area contributed by atoms with Crippen LogP contribution in [0.5, 0.6) is 5.75 Å². The molecule has 0 unspecified atom stereocenters. The van der Waals surface area contributed by atoms with Crippen LogP contribution < -0.4 is 10.1 Å². The Hall–Kier alpha value is -1.03. The van der Waals surface area contributed by atoms with Crippen LogP contribution in [0.4, 0.5) is 0 Å². The van der Waals surface area contributed by atoms with Gasteiger partial charge in [-0.2, -0.15) is 0 Å². The molecule has 0 aliphatic carbocycles. The minimum absolute atomic E-state index is 0.706. The zero-order valence-electron chi connectivity index (χ0n) is 11.1. The normalized spacial score (nSPS) is 13.1. The summed E-state index contributed by atoms with van der Waals surface area (Å²) in [5.74, 6) is 1.00. The average Bonchev–Trinajstić information content (AvgIpc) is 2.85. The van der Waals surface area contributed by atoms with Gasteiger partial charge in [-0.05, 0) is 24.1 Å². The van der Waals surface area contributed by atoms with Crippen molar-refractivity contribution < 1.29 is 9.47 Å². The quantitative estimate of drug-likeness (QED) is 0.587. The Morgan fingerprint density at radius 3 is 3.16 bits per heavy atom. The Kier molecular flexibility index (Phi) is 5.70. The van der Waals surface area contributed by atoms with Gasteiger partial charge in [0.05, 0.1) is 19.8 Å². The van der Waals surface area contributed by atoms with Crippen molar-refractivity contribution in [3.8, 4) is 5.75 Å². The molecule has 1 aromatic carbocycles. The van der Waals surface area contributed by atoms with Crippen LogP contribution in [0.2, 0.25) is 5.02 Å². The van der Waals surface area contributed by atoms with Crippen LogP contribution in [0.1, 0.15) is 17.5 Å². The molecule has 2 rings (SSSR count). The first-order chi connectivity index (χ1) is 9.31. The lowest BCUT2D eigenvalue weighted by molar-refractivity contribution is 0.140. The molecule has 104 valence electrons. The third-order valence-corrected chi connectivity index (χ3v) is 3.25. The maximum atomic E-state index is 6.11. The smallest absolute Gasteiger partial charge is 0.127 e. The van der Waals surface area contributed by atoms with Crippen LogP contribution >= 0.6 is 11.6 Å². The molecule has 1 aliphatic heterocycles. The van der Waals surface area contributed by atoms with Crippen molar-refractivity contribution in [3.63, 3.8) is 0 Å². The van der Waals surface area contributed by atoms with Gasteiger partial charge in [0.25, 0.3) is 0 Å². The molecular formula is C15H20ClNO2. The zero-order valence-corrected chi connectivity index (χ0v) is 11.8. The van der Waals surface area contributed by atoms with Gasteiger partial charge in [0, 0.05) is 30.1 Å². The molecule has 1 aromatic rings. The number of ether oxygens (including phenoxy) is 2. The Morgan fingerprint density at radius 2 is 2.32 bits per heavy atom. The molecule has 1 N–H and O–H groups in total. The molecule has 0 saturated carbocycles. The molecule has 1 heterocycles. The lowest BCUT2D eigenvalue weighted by Gasteiger charge is -2.10. The number of halogens is 1. The molecule has 0 amide bonds. The summed E-state index contributed by atoms with van der Waals surface area (Å²) in [5.41, 5.74) is 2.35. The summed E-state index contributed by atoms with van der Waals surface area (Å²) in [7, 11) is 0. The van der Waals surface area contributed by atoms with Gasteiger partial charge in [0.1, 0.15) is 5.75 Å². The first kappa shape index (κ1) is 14.4. The van der Waals surface area contributed by atoms with Crippen molar-refractivity contribution in [2.45, 2.75) is 19.4 Å². The van der Waals surface area contributed by atoms with Crippen molar-refractivity contribution in [1.29, 1.82) is 0 Å². The third-order valence-electron chi connectivity index (χ3n) is 3.03. The van der Waals surface area contributed by atoms with E-state index in [0.29, 0.717) is 6.61 Å². The topological polar surface area (TPSA) is 30.5 Å². The third kappa shape index (κ3) is 4.23. The van der Waals surface area contributed by atoms with Gasteiger partial charge in [-0.3, -0.25) is 0 Å². The van der Waals surface area contributed by atoms with Crippen molar-refractivity contribution >= 4 is 11.6 Å². The lowest BCUT2D eigenvalue weighted by atomic mass is 10.1. The Labute approximate surface area is 119 Å². The molecule has 4 heteroatoms. The molecular weight excluding hydrogens is 262 g/mol. The monoisotopic (exact) mass is 281 g/mol. The molecule has 19 heavy (non-hydrogen) atoms. The SMILES string of the molecule is C=CCCOCCNCc1cc(Cl)cc2c1OCC2. The summed E-state index contributed by atoms with van der Waals surface area (Å²) in [4.78, 5) is 0. The van der Waals surface area contributed by atoms with E-state index in [0.717, 1.165) is 55.5 Å². The molecule has 0 fully saturated rings. The summed E-state index contributed by atoms with van der Waals surface area (Å²) in [6, 6.07) is 3.96. The predicted molar refractivity (Wildman–Crippen MR) is 78.0 cm³/mol. The fourth-order valence-corrected chi connectivity index (χ4v) is 2.38. The molecule has 1 aliphatic rings. The van der Waals surface area contributed by atoms with E-state index in [9.17, 15) is 0 Å². The number of fused-ring (bicyclic) bond motifs is 1. The van der Waals surface area contributed by atoms with Gasteiger partial charge in [-0.1, -0.05) is 17.7 Å². The van der Waals surface area contributed by atoms with Gasteiger partial charge >= 0.3 is 0 Å². The standard InChI is InChI=1S/C15H20ClNO2/c1-2-3-6-18-8-5-17-11-13-10-14(16)9-12-4-7-19-15(12)13/h2,9-10,17H,1,3-8,11H2. The minimum Gasteiger partial charge on any atom is -0.493 e. The van der Waals surface area contributed by atoms with Gasteiger partial charge in [0.2, 0.25) is 0 Å². The van der Waals surface area contributed by atoms with Crippen molar-refractivity contribution in [2.24, 2.45) is 0 Å². The average molecular weight is 282 g/mol. The van der Waals surface area contributed by atoms with Crippen LogP contribution in [-0.2, 0) is 17.7 Å². The van der Waals surface area contributed by atoms with Crippen LogP contribution in [0.25, 0.3) is 0 Å². The number of hydrogen-bond acceptors (Lipinski definition) is 3. The van der Waals surface area contributed by atoms with Crippen molar-refractivity contribution in [1.82, 2.24) is 5.32 Å². The first-order valence-electron chi connectivity index (χ1n) is 6.64. The molecule has 0 radical (unpaired) electrons. The van der Waals surface area contributed by atoms with Crippen LogP contribution in [-0.4, -0.2) is 26.4 Å². The van der Waals surface area contributed by atoms with E-state index in [1.165, 1.54) is 5.56 Å². The first-order valence-corrected chi connectivity index (χ1v) is 7.02. The van der Waals surface area contributed by atoms with Crippen molar-refractivity contribution in [3.05, 3.63) is 40.9 Å². The second kappa shape index (κ2) is 7.53. The van der Waals surface area contributed by atoms with E-state index < -0.39 is 0 Å². The Bertz CT molecular complexity index is 434. The van der Waals surface area contributed by atoms with E-state index >= 15 is 0 Å². The molecule has 0 saturated heterocycles. The summed E-state index contributed by atoms with van der Waals surface area (Å²) < 4.78 is 11.1. The number of nitrogens with one attached hydrogen (secondary N) is 1. The van der Waals surface area contributed by atoms with Gasteiger partial charge < -0.3 is 14.8 Å². The molecule has 0 spiro atoms. The summed E-state index contributed by atoms with van der Waals surface area (Å²) >= 11 is 6.11. The van der Waals surface area contributed by atoms with E-state index in [4.69, 9.17) is 21.1 Å². The molecule has 0 atom stereocenters. The largest absolute Gasteiger partial charge is 0.493 e. The summed E-state index contributed by atoms with van der Waals surface area (Å²) in [5, 5.41) is 4.13. The molecule has 0 bridgehead atoms. The van der Waals surface area contributed by atoms with E-state index in [2.05, 4.69) is 11.9 Å². The highest BCUT2D eigenvalue weighted by atomic mass is 35.5. The lowest BCUT2D eigenvalue weighted by Crippen LogP contribution is -2.19. The highest BCUT2D eigenvalue weighted by Crippen LogP contribution is 2.32. The van der Waals surface area contributed by atoms with Gasteiger partial charge in [-0.15, -0.1) is 6.58 Å². The van der Waals surface area contributed by atoms with E-state index in [1.807, 2.05) is 18.2 Å². The maximum absolute atomic E-state index is 6.11. The molecule has 3 nitrogen and oxygen atoms in total. The fourth-order valence-electron chi connectivity index (χ4n) is 2.11. The number of hydrogen-bond donors (Lipinski definition) is 1. The number of rotatable bonds is 8. The fraction of sp³-hybridized carbons (Fsp3) is 0.467. The molecule has 0 aromatic heterocycles. The highest BCUT2D eigenvalue weighted by Gasteiger charge is 2.16. The Morgan fingerprint density at radius 1 is 1.42 bits per heavy atom. The highest BCUT2D eigenvalue weighted by molar-refractivity contribution is 6.30. The maximum Gasteiger partial charge on any atom is 0.127 e. The van der Waals surface area contributed by atoms with E-state index in [-0.39, 0.29) is 0 Å². The Balaban J connectivity index is 1.76. The predicted octanol–water partition coefficient (Wildman–Crippen LogP) is 2.96. The summed E-state index contributed by atoms with van der Waals surface area (Å²) in [6.07, 6.45) is 3.71. The van der Waals surface area contributed by atoms with E-state index in [1.54, 1.807) is 0 Å². The zero-order chi connectivity index (χ0) is 13.5. The van der Waals surface area contributed by atoms with Crippen LogP contribution in [0.3, 0.4) is 0 Å². The van der Waals surface area contributed by atoms with Crippen LogP contribution in [0, 0.1) is 0 Å². The second-order valence-corrected chi connectivity index (χ2v) is 4.95.